The van der Waals surface area contributed by atoms with Crippen molar-refractivity contribution in [3.63, 3.8) is 0 Å². The molecule has 1 aromatic carbocycles. The Morgan fingerprint density at radius 1 is 1.12 bits per heavy atom. The molecule has 6 nitrogen and oxygen atoms in total. The minimum Gasteiger partial charge on any atom is -0.473 e. The Labute approximate surface area is 139 Å². The number of pyridine rings is 1. The molecule has 0 fully saturated rings. The largest absolute Gasteiger partial charge is 0.473 e. The first-order valence-corrected chi connectivity index (χ1v) is 6.95. The van der Waals surface area contributed by atoms with E-state index in [9.17, 15) is 13.2 Å². The Morgan fingerprint density at radius 3 is 2.44 bits per heavy atom. The second-order valence-electron chi connectivity index (χ2n) is 4.90. The number of hydrogen-bond donors (Lipinski definition) is 0. The van der Waals surface area contributed by atoms with E-state index < -0.39 is 12.1 Å². The molecule has 0 saturated heterocycles. The summed E-state index contributed by atoms with van der Waals surface area (Å²) < 4.78 is 47.0. The van der Waals surface area contributed by atoms with Crippen LogP contribution >= 0.6 is 0 Å². The highest BCUT2D eigenvalue weighted by Gasteiger charge is 2.38. The van der Waals surface area contributed by atoms with Gasteiger partial charge in [0.15, 0.2) is 0 Å². The van der Waals surface area contributed by atoms with Crippen LogP contribution in [-0.2, 0) is 12.8 Å². The topological polar surface area (TPSA) is 84.8 Å². The summed E-state index contributed by atoms with van der Waals surface area (Å²) in [6, 6.07) is 11.6. The molecule has 3 rings (SSSR count). The van der Waals surface area contributed by atoms with Crippen LogP contribution in [0.1, 0.15) is 17.0 Å². The third-order valence-corrected chi connectivity index (χ3v) is 3.13. The number of nitriles is 1. The number of rotatable bonds is 4. The van der Waals surface area contributed by atoms with Crippen LogP contribution in [0.2, 0.25) is 0 Å². The number of nitrogens with zero attached hydrogens (tertiary/aromatic N) is 4. The van der Waals surface area contributed by atoms with Crippen LogP contribution in [0.3, 0.4) is 0 Å². The number of aromatic nitrogens is 3. The van der Waals surface area contributed by atoms with Gasteiger partial charge in [-0.15, -0.1) is 0 Å². The van der Waals surface area contributed by atoms with Gasteiger partial charge in [-0.1, -0.05) is 29.4 Å². The summed E-state index contributed by atoms with van der Waals surface area (Å²) in [6.07, 6.45) is -3.28. The SMILES string of the molecule is N#Cc1ccc(OCc2ccc(-c3noc(C(F)(F)F)n3)cc2)nc1. The molecule has 9 heteroatoms. The van der Waals surface area contributed by atoms with E-state index in [1.165, 1.54) is 6.20 Å². The summed E-state index contributed by atoms with van der Waals surface area (Å²) >= 11 is 0. The van der Waals surface area contributed by atoms with Crippen LogP contribution in [0.5, 0.6) is 5.88 Å². The van der Waals surface area contributed by atoms with Crippen molar-refractivity contribution in [2.45, 2.75) is 12.8 Å². The van der Waals surface area contributed by atoms with Gasteiger partial charge in [0.1, 0.15) is 12.7 Å². The summed E-state index contributed by atoms with van der Waals surface area (Å²) in [4.78, 5) is 7.29. The van der Waals surface area contributed by atoms with Gasteiger partial charge in [-0.3, -0.25) is 0 Å². The highest BCUT2D eigenvalue weighted by atomic mass is 19.4. The molecule has 0 unspecified atom stereocenters. The quantitative estimate of drug-likeness (QED) is 0.717. The standard InChI is InChI=1S/C16H9F3N4O2/c17-16(18,19)15-22-14(23-25-15)12-4-1-10(2-5-12)9-24-13-6-3-11(7-20)8-21-13/h1-6,8H,9H2. The van der Waals surface area contributed by atoms with Crippen LogP contribution in [0.15, 0.2) is 47.1 Å². The Kier molecular flexibility index (Phi) is 4.35. The van der Waals surface area contributed by atoms with Gasteiger partial charge >= 0.3 is 12.1 Å². The summed E-state index contributed by atoms with van der Waals surface area (Å²) in [6.45, 7) is 0.208. The van der Waals surface area contributed by atoms with Crippen molar-refractivity contribution in [3.05, 3.63) is 59.6 Å². The Bertz CT molecular complexity index is 897. The Hall–Kier alpha value is -3.41. The lowest BCUT2D eigenvalue weighted by molar-refractivity contribution is -0.159. The monoisotopic (exact) mass is 346 g/mol. The van der Waals surface area contributed by atoms with E-state index in [0.29, 0.717) is 17.0 Å². The fourth-order valence-electron chi connectivity index (χ4n) is 1.90. The fraction of sp³-hybridized carbons (Fsp3) is 0.125. The lowest BCUT2D eigenvalue weighted by Gasteiger charge is -2.05. The highest BCUT2D eigenvalue weighted by Crippen LogP contribution is 2.29. The number of ether oxygens (including phenoxy) is 1. The van der Waals surface area contributed by atoms with Crippen molar-refractivity contribution in [1.82, 2.24) is 15.1 Å². The summed E-state index contributed by atoms with van der Waals surface area (Å²) in [7, 11) is 0. The average Bonchev–Trinajstić information content (AvgIpc) is 3.11. The molecule has 0 aliphatic rings. The molecule has 0 spiro atoms. The molecule has 2 heterocycles. The van der Waals surface area contributed by atoms with E-state index in [1.54, 1.807) is 36.4 Å². The highest BCUT2D eigenvalue weighted by molar-refractivity contribution is 5.54. The van der Waals surface area contributed by atoms with Gasteiger partial charge in [0.05, 0.1) is 5.56 Å². The molecule has 0 radical (unpaired) electrons. The van der Waals surface area contributed by atoms with Gasteiger partial charge in [-0.2, -0.15) is 23.4 Å². The third-order valence-electron chi connectivity index (χ3n) is 3.13. The maximum Gasteiger partial charge on any atom is 0.471 e. The van der Waals surface area contributed by atoms with E-state index in [1.807, 2.05) is 6.07 Å². The molecular weight excluding hydrogens is 337 g/mol. The number of benzene rings is 1. The molecule has 0 atom stereocenters. The first kappa shape index (κ1) is 16.4. The number of alkyl halides is 3. The molecule has 0 aliphatic carbocycles. The van der Waals surface area contributed by atoms with Crippen LogP contribution in [0.25, 0.3) is 11.4 Å². The molecule has 2 aromatic heterocycles. The summed E-state index contributed by atoms with van der Waals surface area (Å²) in [5, 5.41) is 12.0. The average molecular weight is 346 g/mol. The molecule has 0 aliphatic heterocycles. The smallest absolute Gasteiger partial charge is 0.471 e. The molecule has 126 valence electrons. The van der Waals surface area contributed by atoms with Crippen molar-refractivity contribution in [3.8, 4) is 23.3 Å². The minimum absolute atomic E-state index is 0.145. The van der Waals surface area contributed by atoms with Crippen LogP contribution in [0.4, 0.5) is 13.2 Å². The first-order valence-electron chi connectivity index (χ1n) is 6.95. The number of halogens is 3. The predicted molar refractivity (Wildman–Crippen MR) is 78.0 cm³/mol. The van der Waals surface area contributed by atoms with Crippen LogP contribution in [-0.4, -0.2) is 15.1 Å². The van der Waals surface area contributed by atoms with E-state index in [-0.39, 0.29) is 12.4 Å². The summed E-state index contributed by atoms with van der Waals surface area (Å²) in [5.41, 5.74) is 1.59. The van der Waals surface area contributed by atoms with Gasteiger partial charge in [-0.25, -0.2) is 4.98 Å². The van der Waals surface area contributed by atoms with Gasteiger partial charge in [0.25, 0.3) is 0 Å². The van der Waals surface area contributed by atoms with Crippen LogP contribution < -0.4 is 4.74 Å². The summed E-state index contributed by atoms with van der Waals surface area (Å²) in [5.74, 6) is -1.17. The Balaban J connectivity index is 1.65. The molecule has 0 saturated carbocycles. The molecule has 0 amide bonds. The molecule has 3 aromatic rings. The maximum absolute atomic E-state index is 12.5. The van der Waals surface area contributed by atoms with Gasteiger partial charge in [0.2, 0.25) is 11.7 Å². The van der Waals surface area contributed by atoms with Crippen molar-refractivity contribution in [2.75, 3.05) is 0 Å². The van der Waals surface area contributed by atoms with Crippen molar-refractivity contribution in [2.24, 2.45) is 0 Å². The van der Waals surface area contributed by atoms with Gasteiger partial charge in [-0.05, 0) is 11.6 Å². The molecular formula is C16H9F3N4O2. The van der Waals surface area contributed by atoms with E-state index in [2.05, 4.69) is 19.6 Å². The Morgan fingerprint density at radius 2 is 1.88 bits per heavy atom. The van der Waals surface area contributed by atoms with Gasteiger partial charge in [0, 0.05) is 17.8 Å². The van der Waals surface area contributed by atoms with Gasteiger partial charge < -0.3 is 9.26 Å². The minimum atomic E-state index is -4.67. The zero-order chi connectivity index (χ0) is 17.9. The second-order valence-corrected chi connectivity index (χ2v) is 4.90. The van der Waals surface area contributed by atoms with E-state index in [0.717, 1.165) is 5.56 Å². The lowest BCUT2D eigenvalue weighted by atomic mass is 10.1. The normalized spacial score (nSPS) is 11.1. The number of hydrogen-bond acceptors (Lipinski definition) is 6. The predicted octanol–water partition coefficient (Wildman–Crippen LogP) is 3.60. The first-order chi connectivity index (χ1) is 12.0. The van der Waals surface area contributed by atoms with E-state index >= 15 is 0 Å². The molecule has 0 bridgehead atoms. The second kappa shape index (κ2) is 6.60. The third kappa shape index (κ3) is 3.92. The maximum atomic E-state index is 12.5. The van der Waals surface area contributed by atoms with Crippen LogP contribution in [0, 0.1) is 11.3 Å². The van der Waals surface area contributed by atoms with E-state index in [4.69, 9.17) is 10.00 Å². The van der Waals surface area contributed by atoms with Crippen molar-refractivity contribution in [1.29, 1.82) is 5.26 Å². The molecule has 25 heavy (non-hydrogen) atoms. The zero-order valence-electron chi connectivity index (χ0n) is 12.5. The van der Waals surface area contributed by atoms with Crippen molar-refractivity contribution >= 4 is 0 Å². The lowest BCUT2D eigenvalue weighted by Crippen LogP contribution is -2.04. The zero-order valence-corrected chi connectivity index (χ0v) is 12.5. The fourth-order valence-corrected chi connectivity index (χ4v) is 1.90. The van der Waals surface area contributed by atoms with Crippen molar-refractivity contribution < 1.29 is 22.4 Å². The molecule has 0 N–H and O–H groups in total.